The third-order valence-electron chi connectivity index (χ3n) is 4.03. The first-order valence-corrected chi connectivity index (χ1v) is 10.4. The number of hydrogen-bond acceptors (Lipinski definition) is 4. The predicted octanol–water partition coefficient (Wildman–Crippen LogP) is 3.73. The number of hydrogen-bond donors (Lipinski definition) is 2. The monoisotopic (exact) mass is 412 g/mol. The van der Waals surface area contributed by atoms with E-state index < -0.39 is 27.5 Å². The quantitative estimate of drug-likeness (QED) is 0.668. The molecule has 0 fully saturated rings. The molecule has 0 bridgehead atoms. The van der Waals surface area contributed by atoms with Gasteiger partial charge in [0.2, 0.25) is 0 Å². The number of para-hydroxylation sites is 1. The lowest BCUT2D eigenvalue weighted by Gasteiger charge is -2.12. The molecule has 8 heteroatoms. The third-order valence-corrected chi connectivity index (χ3v) is 5.14. The molecule has 6 nitrogen and oxygen atoms in total. The number of amides is 2. The zero-order chi connectivity index (χ0) is 21.0. The molecule has 0 aliphatic rings. The Kier molecular flexibility index (Phi) is 5.74. The van der Waals surface area contributed by atoms with Crippen LogP contribution < -0.4 is 10.6 Å². The van der Waals surface area contributed by atoms with Gasteiger partial charge in [0.1, 0.15) is 5.82 Å². The first-order valence-electron chi connectivity index (χ1n) is 8.51. The average Bonchev–Trinajstić information content (AvgIpc) is 2.68. The summed E-state index contributed by atoms with van der Waals surface area (Å²) in [7, 11) is -3.47. The van der Waals surface area contributed by atoms with Crippen LogP contribution in [0.2, 0.25) is 0 Å². The Morgan fingerprint density at radius 3 is 2.28 bits per heavy atom. The second-order valence-corrected chi connectivity index (χ2v) is 8.28. The molecule has 3 aromatic rings. The molecule has 0 aromatic heterocycles. The number of benzene rings is 3. The maximum Gasteiger partial charge on any atom is 0.257 e. The summed E-state index contributed by atoms with van der Waals surface area (Å²) in [6.45, 7) is 0. The Balaban J connectivity index is 1.84. The van der Waals surface area contributed by atoms with Crippen LogP contribution in [0.15, 0.2) is 77.7 Å². The lowest BCUT2D eigenvalue weighted by atomic mass is 10.1. The number of carbonyl (C=O) groups is 2. The first kappa shape index (κ1) is 20.2. The Morgan fingerprint density at radius 2 is 1.55 bits per heavy atom. The lowest BCUT2D eigenvalue weighted by Crippen LogP contribution is -2.18. The molecule has 3 rings (SSSR count). The van der Waals surface area contributed by atoms with Crippen LogP contribution in [0.1, 0.15) is 20.7 Å². The Hall–Kier alpha value is -3.52. The van der Waals surface area contributed by atoms with E-state index in [-0.39, 0.29) is 27.4 Å². The van der Waals surface area contributed by atoms with Crippen molar-refractivity contribution in [1.29, 1.82) is 0 Å². The van der Waals surface area contributed by atoms with Crippen molar-refractivity contribution < 1.29 is 22.4 Å². The molecular weight excluding hydrogens is 395 g/mol. The third kappa shape index (κ3) is 5.05. The fourth-order valence-corrected chi connectivity index (χ4v) is 3.28. The van der Waals surface area contributed by atoms with Crippen LogP contribution >= 0.6 is 0 Å². The number of anilines is 2. The fourth-order valence-electron chi connectivity index (χ4n) is 2.62. The molecule has 0 aliphatic carbocycles. The first-order chi connectivity index (χ1) is 13.7. The van der Waals surface area contributed by atoms with Crippen LogP contribution in [0.25, 0.3) is 0 Å². The number of halogens is 1. The van der Waals surface area contributed by atoms with Crippen LogP contribution in [0, 0.1) is 5.82 Å². The van der Waals surface area contributed by atoms with Crippen molar-refractivity contribution in [1.82, 2.24) is 0 Å². The number of nitrogens with one attached hydrogen (secondary N) is 2. The summed E-state index contributed by atoms with van der Waals surface area (Å²) in [5, 5.41) is 5.19. The highest BCUT2D eigenvalue weighted by Crippen LogP contribution is 2.20. The second-order valence-electron chi connectivity index (χ2n) is 6.26. The minimum atomic E-state index is -3.47. The van der Waals surface area contributed by atoms with E-state index in [0.717, 1.165) is 6.26 Å². The van der Waals surface area contributed by atoms with Gasteiger partial charge in [-0.05, 0) is 48.5 Å². The lowest BCUT2D eigenvalue weighted by molar-refractivity contribution is 0.102. The topological polar surface area (TPSA) is 92.3 Å². The van der Waals surface area contributed by atoms with Crippen molar-refractivity contribution in [2.45, 2.75) is 4.90 Å². The highest BCUT2D eigenvalue weighted by atomic mass is 32.2. The van der Waals surface area contributed by atoms with Gasteiger partial charge in [0, 0.05) is 17.5 Å². The van der Waals surface area contributed by atoms with Crippen LogP contribution in [-0.2, 0) is 9.84 Å². The van der Waals surface area contributed by atoms with Gasteiger partial charge in [-0.3, -0.25) is 9.59 Å². The minimum absolute atomic E-state index is 0.0160. The summed E-state index contributed by atoms with van der Waals surface area (Å²) in [6.07, 6.45) is 1.05. The maximum absolute atomic E-state index is 13.3. The van der Waals surface area contributed by atoms with Crippen LogP contribution in [0.5, 0.6) is 0 Å². The van der Waals surface area contributed by atoms with E-state index in [0.29, 0.717) is 0 Å². The summed E-state index contributed by atoms with van der Waals surface area (Å²) in [5.74, 6) is -1.59. The van der Waals surface area contributed by atoms with Gasteiger partial charge in [-0.2, -0.15) is 0 Å². The van der Waals surface area contributed by atoms with Crippen LogP contribution in [-0.4, -0.2) is 26.5 Å². The smallest absolute Gasteiger partial charge is 0.257 e. The van der Waals surface area contributed by atoms with Gasteiger partial charge in [0.15, 0.2) is 9.84 Å². The van der Waals surface area contributed by atoms with E-state index >= 15 is 0 Å². The molecule has 0 saturated heterocycles. The molecule has 0 radical (unpaired) electrons. The van der Waals surface area contributed by atoms with Crippen molar-refractivity contribution >= 4 is 33.0 Å². The molecule has 29 heavy (non-hydrogen) atoms. The largest absolute Gasteiger partial charge is 0.322 e. The minimum Gasteiger partial charge on any atom is -0.322 e. The molecule has 0 spiro atoms. The van der Waals surface area contributed by atoms with Gasteiger partial charge in [-0.1, -0.05) is 24.3 Å². The number of carbonyl (C=O) groups excluding carboxylic acids is 2. The van der Waals surface area contributed by atoms with Gasteiger partial charge in [0.25, 0.3) is 11.8 Å². The van der Waals surface area contributed by atoms with Gasteiger partial charge >= 0.3 is 0 Å². The van der Waals surface area contributed by atoms with Gasteiger partial charge in [-0.15, -0.1) is 0 Å². The molecule has 0 atom stereocenters. The molecule has 2 amide bonds. The number of sulfone groups is 1. The highest BCUT2D eigenvalue weighted by Gasteiger charge is 2.16. The van der Waals surface area contributed by atoms with E-state index in [1.165, 1.54) is 48.5 Å². The molecule has 0 aliphatic heterocycles. The van der Waals surface area contributed by atoms with Crippen LogP contribution in [0.3, 0.4) is 0 Å². The second kappa shape index (κ2) is 8.24. The summed E-state index contributed by atoms with van der Waals surface area (Å²) in [4.78, 5) is 25.2. The molecule has 0 saturated carbocycles. The van der Waals surface area contributed by atoms with Crippen molar-refractivity contribution in [2.24, 2.45) is 0 Å². The normalized spacial score (nSPS) is 11.0. The van der Waals surface area contributed by atoms with Crippen molar-refractivity contribution in [3.8, 4) is 0 Å². The van der Waals surface area contributed by atoms with Crippen molar-refractivity contribution in [3.05, 3.63) is 89.7 Å². The molecule has 3 aromatic carbocycles. The average molecular weight is 412 g/mol. The summed E-state index contributed by atoms with van der Waals surface area (Å²) < 4.78 is 36.7. The summed E-state index contributed by atoms with van der Waals surface area (Å²) >= 11 is 0. The zero-order valence-electron chi connectivity index (χ0n) is 15.3. The summed E-state index contributed by atoms with van der Waals surface area (Å²) in [5.41, 5.74) is 0.811. The predicted molar refractivity (Wildman–Crippen MR) is 108 cm³/mol. The SMILES string of the molecule is CS(=O)(=O)c1cccc(C(=O)Nc2ccccc2C(=O)Nc2cccc(F)c2)c1. The summed E-state index contributed by atoms with van der Waals surface area (Å²) in [6, 6.07) is 17.4. The van der Waals surface area contributed by atoms with E-state index in [2.05, 4.69) is 10.6 Å². The zero-order valence-corrected chi connectivity index (χ0v) is 16.2. The van der Waals surface area contributed by atoms with Gasteiger partial charge in [-0.25, -0.2) is 12.8 Å². The van der Waals surface area contributed by atoms with E-state index in [4.69, 9.17) is 0 Å². The molecule has 2 N–H and O–H groups in total. The van der Waals surface area contributed by atoms with Crippen molar-refractivity contribution in [3.63, 3.8) is 0 Å². The Labute approximate surface area is 167 Å². The maximum atomic E-state index is 13.3. The Morgan fingerprint density at radius 1 is 0.828 bits per heavy atom. The highest BCUT2D eigenvalue weighted by molar-refractivity contribution is 7.90. The van der Waals surface area contributed by atoms with Gasteiger partial charge in [0.05, 0.1) is 16.1 Å². The molecule has 148 valence electrons. The van der Waals surface area contributed by atoms with E-state index in [9.17, 15) is 22.4 Å². The van der Waals surface area contributed by atoms with E-state index in [1.807, 2.05) is 0 Å². The van der Waals surface area contributed by atoms with Crippen LogP contribution in [0.4, 0.5) is 15.8 Å². The van der Waals surface area contributed by atoms with Crippen molar-refractivity contribution in [2.75, 3.05) is 16.9 Å². The number of rotatable bonds is 5. The van der Waals surface area contributed by atoms with Gasteiger partial charge < -0.3 is 10.6 Å². The molecular formula is C21H17FN2O4S. The standard InChI is InChI=1S/C21H17FN2O4S/c1-29(27,28)17-9-4-6-14(12-17)20(25)24-19-11-3-2-10-18(19)21(26)23-16-8-5-7-15(22)13-16/h2-13H,1H3,(H,23,26)(H,24,25). The fraction of sp³-hybridized carbons (Fsp3) is 0.0476. The molecule has 0 unspecified atom stereocenters. The molecule has 0 heterocycles. The van der Waals surface area contributed by atoms with E-state index in [1.54, 1.807) is 24.3 Å². The Bertz CT molecular complexity index is 1190.